The van der Waals surface area contributed by atoms with Crippen molar-refractivity contribution >= 4 is 31.9 Å². The van der Waals surface area contributed by atoms with Gasteiger partial charge < -0.3 is 5.32 Å². The fourth-order valence-corrected chi connectivity index (χ4v) is 2.24. The predicted octanol–water partition coefficient (Wildman–Crippen LogP) is 3.25. The second-order valence-electron chi connectivity index (χ2n) is 2.96. The highest BCUT2D eigenvalue weighted by molar-refractivity contribution is 9.11. The number of hydrogen-bond donors (Lipinski definition) is 1. The first-order chi connectivity index (χ1) is 5.77. The number of hydrogen-bond acceptors (Lipinski definition) is 1. The van der Waals surface area contributed by atoms with E-state index >= 15 is 0 Å². The predicted molar refractivity (Wildman–Crippen MR) is 57.2 cm³/mol. The lowest BCUT2D eigenvalue weighted by Gasteiger charge is -2.29. The third-order valence-corrected chi connectivity index (χ3v) is 3.37. The molecular formula is C9H9Br2N. The van der Waals surface area contributed by atoms with Crippen molar-refractivity contribution in [2.45, 2.75) is 12.5 Å². The molecule has 0 spiro atoms. The standard InChI is InChI=1S/C9H9Br2N/c10-6-1-2-8(11)7(5-6)9-3-4-12-9/h1-2,5,9,12H,3-4H2. The van der Waals surface area contributed by atoms with Crippen LogP contribution in [0, 0.1) is 0 Å². The second kappa shape index (κ2) is 3.48. The summed E-state index contributed by atoms with van der Waals surface area (Å²) in [5.74, 6) is 0. The third-order valence-electron chi connectivity index (χ3n) is 2.16. The molecule has 0 aliphatic carbocycles. The monoisotopic (exact) mass is 289 g/mol. The van der Waals surface area contributed by atoms with Gasteiger partial charge in [-0.3, -0.25) is 0 Å². The van der Waals surface area contributed by atoms with Crippen LogP contribution >= 0.6 is 31.9 Å². The van der Waals surface area contributed by atoms with E-state index in [9.17, 15) is 0 Å². The maximum Gasteiger partial charge on any atom is 0.0343 e. The molecule has 1 aromatic carbocycles. The van der Waals surface area contributed by atoms with Crippen LogP contribution in [0.25, 0.3) is 0 Å². The van der Waals surface area contributed by atoms with Gasteiger partial charge in [-0.2, -0.15) is 0 Å². The summed E-state index contributed by atoms with van der Waals surface area (Å²) in [6.07, 6.45) is 1.25. The zero-order chi connectivity index (χ0) is 8.55. The van der Waals surface area contributed by atoms with Crippen molar-refractivity contribution in [3.63, 3.8) is 0 Å². The molecule has 0 saturated carbocycles. The highest BCUT2D eigenvalue weighted by atomic mass is 79.9. The van der Waals surface area contributed by atoms with Crippen LogP contribution in [0.1, 0.15) is 18.0 Å². The molecule has 2 rings (SSSR count). The Balaban J connectivity index is 2.34. The van der Waals surface area contributed by atoms with E-state index in [0.29, 0.717) is 6.04 Å². The average molecular weight is 291 g/mol. The van der Waals surface area contributed by atoms with Gasteiger partial charge in [0.2, 0.25) is 0 Å². The van der Waals surface area contributed by atoms with Crippen LogP contribution in [0.2, 0.25) is 0 Å². The lowest BCUT2D eigenvalue weighted by atomic mass is 9.98. The maximum absolute atomic E-state index is 3.54. The van der Waals surface area contributed by atoms with Gasteiger partial charge in [-0.1, -0.05) is 31.9 Å². The topological polar surface area (TPSA) is 12.0 Å². The van der Waals surface area contributed by atoms with E-state index in [1.807, 2.05) is 6.07 Å². The molecule has 12 heavy (non-hydrogen) atoms. The fraction of sp³-hybridized carbons (Fsp3) is 0.333. The molecule has 0 radical (unpaired) electrons. The van der Waals surface area contributed by atoms with Crippen LogP contribution in [-0.2, 0) is 0 Å². The Labute approximate surface area is 88.8 Å². The van der Waals surface area contributed by atoms with Gasteiger partial charge in [0.15, 0.2) is 0 Å². The van der Waals surface area contributed by atoms with Crippen molar-refractivity contribution in [1.82, 2.24) is 5.32 Å². The summed E-state index contributed by atoms with van der Waals surface area (Å²) in [6, 6.07) is 6.85. The summed E-state index contributed by atoms with van der Waals surface area (Å²) in [5, 5.41) is 3.38. The van der Waals surface area contributed by atoms with Crippen LogP contribution in [-0.4, -0.2) is 6.54 Å². The summed E-state index contributed by atoms with van der Waals surface area (Å²) in [7, 11) is 0. The minimum absolute atomic E-state index is 0.553. The van der Waals surface area contributed by atoms with Crippen LogP contribution in [0.5, 0.6) is 0 Å². The fourth-order valence-electron chi connectivity index (χ4n) is 1.34. The van der Waals surface area contributed by atoms with Crippen molar-refractivity contribution in [1.29, 1.82) is 0 Å². The molecule has 3 heteroatoms. The lowest BCUT2D eigenvalue weighted by molar-refractivity contribution is 0.382. The van der Waals surface area contributed by atoms with Crippen LogP contribution in [0.3, 0.4) is 0 Å². The first-order valence-corrected chi connectivity index (χ1v) is 5.54. The summed E-state index contributed by atoms with van der Waals surface area (Å²) in [5.41, 5.74) is 1.36. The van der Waals surface area contributed by atoms with E-state index in [-0.39, 0.29) is 0 Å². The molecule has 0 amide bonds. The van der Waals surface area contributed by atoms with Crippen molar-refractivity contribution < 1.29 is 0 Å². The Morgan fingerprint density at radius 1 is 1.33 bits per heavy atom. The maximum atomic E-state index is 3.54. The first-order valence-electron chi connectivity index (χ1n) is 3.96. The Morgan fingerprint density at radius 2 is 2.08 bits per heavy atom. The molecule has 0 bridgehead atoms. The molecule has 1 heterocycles. The van der Waals surface area contributed by atoms with Crippen molar-refractivity contribution in [2.75, 3.05) is 6.54 Å². The third kappa shape index (κ3) is 1.58. The summed E-state index contributed by atoms with van der Waals surface area (Å²) in [4.78, 5) is 0. The molecule has 1 nitrogen and oxygen atoms in total. The van der Waals surface area contributed by atoms with Crippen molar-refractivity contribution in [3.8, 4) is 0 Å². The van der Waals surface area contributed by atoms with E-state index in [4.69, 9.17) is 0 Å². The molecule has 1 N–H and O–H groups in total. The van der Waals surface area contributed by atoms with Gasteiger partial charge in [-0.15, -0.1) is 0 Å². The van der Waals surface area contributed by atoms with Gasteiger partial charge in [-0.25, -0.2) is 0 Å². The van der Waals surface area contributed by atoms with Crippen molar-refractivity contribution in [3.05, 3.63) is 32.7 Å². The average Bonchev–Trinajstić information content (AvgIpc) is 1.93. The van der Waals surface area contributed by atoms with Gasteiger partial charge in [0.05, 0.1) is 0 Å². The lowest BCUT2D eigenvalue weighted by Crippen LogP contribution is -2.35. The first kappa shape index (κ1) is 8.73. The molecule has 1 unspecified atom stereocenters. The summed E-state index contributed by atoms with van der Waals surface area (Å²) in [6.45, 7) is 1.14. The second-order valence-corrected chi connectivity index (χ2v) is 4.73. The molecule has 1 atom stereocenters. The van der Waals surface area contributed by atoms with Crippen molar-refractivity contribution in [2.24, 2.45) is 0 Å². The highest BCUT2D eigenvalue weighted by Gasteiger charge is 2.20. The molecule has 1 aromatic rings. The van der Waals surface area contributed by atoms with Gasteiger partial charge in [0.1, 0.15) is 0 Å². The van der Waals surface area contributed by atoms with Gasteiger partial charge in [-0.05, 0) is 36.7 Å². The molecule has 64 valence electrons. The smallest absolute Gasteiger partial charge is 0.0343 e. The van der Waals surface area contributed by atoms with Crippen LogP contribution in [0.15, 0.2) is 27.1 Å². The number of benzene rings is 1. The minimum Gasteiger partial charge on any atom is -0.310 e. The zero-order valence-corrected chi connectivity index (χ0v) is 9.65. The molecule has 1 saturated heterocycles. The SMILES string of the molecule is Brc1ccc(Br)c(C2CCN2)c1. The van der Waals surface area contributed by atoms with Crippen LogP contribution < -0.4 is 5.32 Å². The van der Waals surface area contributed by atoms with Crippen LogP contribution in [0.4, 0.5) is 0 Å². The molecule has 0 aromatic heterocycles. The van der Waals surface area contributed by atoms with Gasteiger partial charge in [0, 0.05) is 15.0 Å². The summed E-state index contributed by atoms with van der Waals surface area (Å²) >= 11 is 7.01. The highest BCUT2D eigenvalue weighted by Crippen LogP contribution is 2.31. The number of nitrogens with one attached hydrogen (secondary N) is 1. The van der Waals surface area contributed by atoms with E-state index in [0.717, 1.165) is 11.0 Å². The van der Waals surface area contributed by atoms with E-state index in [1.54, 1.807) is 0 Å². The Morgan fingerprint density at radius 3 is 2.67 bits per heavy atom. The number of halogens is 2. The van der Waals surface area contributed by atoms with E-state index in [1.165, 1.54) is 16.5 Å². The Kier molecular flexibility index (Phi) is 2.53. The minimum atomic E-state index is 0.553. The summed E-state index contributed by atoms with van der Waals surface area (Å²) < 4.78 is 2.34. The molecule has 1 aliphatic heterocycles. The van der Waals surface area contributed by atoms with Gasteiger partial charge in [0.25, 0.3) is 0 Å². The Hall–Kier alpha value is 0.140. The number of rotatable bonds is 1. The largest absolute Gasteiger partial charge is 0.310 e. The van der Waals surface area contributed by atoms with E-state index in [2.05, 4.69) is 49.3 Å². The molecule has 1 aliphatic rings. The molecule has 1 fully saturated rings. The normalized spacial score (nSPS) is 22.0. The quantitative estimate of drug-likeness (QED) is 0.837. The zero-order valence-electron chi connectivity index (χ0n) is 6.48. The Bertz CT molecular complexity index is 295. The molecular weight excluding hydrogens is 282 g/mol. The van der Waals surface area contributed by atoms with Gasteiger partial charge >= 0.3 is 0 Å². The van der Waals surface area contributed by atoms with E-state index < -0.39 is 0 Å².